The quantitative estimate of drug-likeness (QED) is 0.436. The highest BCUT2D eigenvalue weighted by molar-refractivity contribution is 7.13. The smallest absolute Gasteiger partial charge is 0.289 e. The maximum Gasteiger partial charge on any atom is 0.289 e. The van der Waals surface area contributed by atoms with Crippen molar-refractivity contribution >= 4 is 39.0 Å². The Morgan fingerprint density at radius 1 is 0.963 bits per heavy atom. The molecule has 0 saturated carbocycles. The summed E-state index contributed by atoms with van der Waals surface area (Å²) < 4.78 is 1.64. The lowest BCUT2D eigenvalue weighted by atomic mass is 10.1. The van der Waals surface area contributed by atoms with E-state index in [9.17, 15) is 9.59 Å². The van der Waals surface area contributed by atoms with E-state index in [1.54, 1.807) is 4.68 Å². The van der Waals surface area contributed by atoms with Crippen molar-refractivity contribution in [2.45, 2.75) is 0 Å². The van der Waals surface area contributed by atoms with Crippen molar-refractivity contribution in [3.8, 4) is 16.3 Å². The van der Waals surface area contributed by atoms with E-state index in [1.807, 2.05) is 47.8 Å². The molecule has 0 aliphatic rings. The fourth-order valence-corrected chi connectivity index (χ4v) is 3.85. The van der Waals surface area contributed by atoms with E-state index in [-0.39, 0.29) is 16.6 Å². The van der Waals surface area contributed by atoms with Crippen molar-refractivity contribution in [3.63, 3.8) is 0 Å². The number of nitrogens with zero attached hydrogens (tertiary/aromatic N) is 3. The maximum absolute atomic E-state index is 12.3. The van der Waals surface area contributed by atoms with Gasteiger partial charge in [-0.05, 0) is 23.6 Å². The van der Waals surface area contributed by atoms with E-state index in [1.165, 1.54) is 11.3 Å². The molecule has 0 spiro atoms. The summed E-state index contributed by atoms with van der Waals surface area (Å²) in [5.74, 6) is 0. The molecule has 4 aromatic heterocycles. The van der Waals surface area contributed by atoms with Gasteiger partial charge in [0.2, 0.25) is 0 Å². The van der Waals surface area contributed by atoms with Crippen LogP contribution in [-0.2, 0) is 0 Å². The highest BCUT2D eigenvalue weighted by Gasteiger charge is 2.22. The zero-order valence-electron chi connectivity index (χ0n) is 13.8. The standard InChI is InChI=1S/C18H12N6O2S/c19-13-11-14(10-7-4-8-27-10)23-24(9-5-2-1-3-6-9)16(11)20-15-12(13)17(25)21-22-18(15)26/h1-8H,(H2,19,20)(H,21,25)(H,22,26). The number of pyridine rings is 1. The summed E-state index contributed by atoms with van der Waals surface area (Å²) in [5.41, 5.74) is 7.34. The first-order chi connectivity index (χ1) is 13.1. The van der Waals surface area contributed by atoms with Gasteiger partial charge in [0.25, 0.3) is 11.1 Å². The number of para-hydroxylation sites is 1. The third kappa shape index (κ3) is 2.22. The molecule has 0 amide bonds. The van der Waals surface area contributed by atoms with Gasteiger partial charge in [0.05, 0.1) is 27.0 Å². The molecule has 0 aliphatic carbocycles. The number of hydrogen-bond donors (Lipinski definition) is 3. The van der Waals surface area contributed by atoms with Crippen LogP contribution >= 0.6 is 11.3 Å². The largest absolute Gasteiger partial charge is 0.397 e. The molecule has 4 heterocycles. The van der Waals surface area contributed by atoms with Crippen LogP contribution in [0, 0.1) is 0 Å². The van der Waals surface area contributed by atoms with Crippen molar-refractivity contribution in [1.82, 2.24) is 25.0 Å². The summed E-state index contributed by atoms with van der Waals surface area (Å²) in [7, 11) is 0. The molecule has 8 nitrogen and oxygen atoms in total. The van der Waals surface area contributed by atoms with Gasteiger partial charge in [0.15, 0.2) is 5.65 Å². The maximum atomic E-state index is 12.3. The van der Waals surface area contributed by atoms with Crippen LogP contribution in [-0.4, -0.2) is 25.0 Å². The van der Waals surface area contributed by atoms with Crippen LogP contribution in [0.25, 0.3) is 38.2 Å². The molecule has 5 rings (SSSR count). The average Bonchev–Trinajstić information content (AvgIpc) is 3.33. The summed E-state index contributed by atoms with van der Waals surface area (Å²) in [5, 5.41) is 11.8. The Bertz CT molecular complexity index is 1410. The molecule has 1 aromatic carbocycles. The average molecular weight is 376 g/mol. The second-order valence-corrected chi connectivity index (χ2v) is 6.88. The minimum Gasteiger partial charge on any atom is -0.397 e. The summed E-state index contributed by atoms with van der Waals surface area (Å²) in [6.07, 6.45) is 0. The Morgan fingerprint density at radius 2 is 1.74 bits per heavy atom. The zero-order chi connectivity index (χ0) is 18.5. The first kappa shape index (κ1) is 15.5. The van der Waals surface area contributed by atoms with Crippen LogP contribution in [0.2, 0.25) is 0 Å². The molecule has 0 atom stereocenters. The number of hydrogen-bond acceptors (Lipinski definition) is 6. The SMILES string of the molecule is Nc1c2c(-c3cccs3)nn(-c3ccccc3)c2nc2c(=O)[nH][nH]c(=O)c12. The number of benzene rings is 1. The fraction of sp³-hybridized carbons (Fsp3) is 0. The third-order valence-electron chi connectivity index (χ3n) is 4.34. The lowest BCUT2D eigenvalue weighted by molar-refractivity contribution is 0.902. The van der Waals surface area contributed by atoms with Crippen molar-refractivity contribution < 1.29 is 0 Å². The van der Waals surface area contributed by atoms with Crippen LogP contribution in [0.5, 0.6) is 0 Å². The van der Waals surface area contributed by atoms with Gasteiger partial charge in [-0.3, -0.25) is 19.8 Å². The Hall–Kier alpha value is -3.72. The number of H-pyrrole nitrogens is 2. The van der Waals surface area contributed by atoms with Crippen LogP contribution in [0.3, 0.4) is 0 Å². The Labute approximate surface area is 154 Å². The van der Waals surface area contributed by atoms with E-state index in [4.69, 9.17) is 10.8 Å². The highest BCUT2D eigenvalue weighted by atomic mass is 32.1. The molecule has 0 aliphatic heterocycles. The zero-order valence-corrected chi connectivity index (χ0v) is 14.6. The first-order valence-electron chi connectivity index (χ1n) is 8.07. The number of anilines is 1. The normalized spacial score (nSPS) is 11.4. The molecule has 27 heavy (non-hydrogen) atoms. The van der Waals surface area contributed by atoms with Crippen LogP contribution < -0.4 is 16.9 Å². The molecular formula is C18H12N6O2S. The van der Waals surface area contributed by atoms with E-state index in [2.05, 4.69) is 15.2 Å². The van der Waals surface area contributed by atoms with Crippen molar-refractivity contribution in [2.24, 2.45) is 0 Å². The molecule has 5 aromatic rings. The molecular weight excluding hydrogens is 364 g/mol. The van der Waals surface area contributed by atoms with E-state index in [0.29, 0.717) is 16.7 Å². The van der Waals surface area contributed by atoms with Gasteiger partial charge in [0, 0.05) is 0 Å². The highest BCUT2D eigenvalue weighted by Crippen LogP contribution is 2.36. The number of aromatic nitrogens is 5. The Morgan fingerprint density at radius 3 is 2.48 bits per heavy atom. The number of nitrogens with two attached hydrogens (primary N) is 1. The van der Waals surface area contributed by atoms with Gasteiger partial charge in [-0.25, -0.2) is 9.67 Å². The number of aromatic amines is 2. The fourth-order valence-electron chi connectivity index (χ4n) is 3.14. The predicted molar refractivity (Wildman–Crippen MR) is 105 cm³/mol. The van der Waals surface area contributed by atoms with Gasteiger partial charge < -0.3 is 5.73 Å². The Balaban J connectivity index is 2.02. The molecule has 0 bridgehead atoms. The van der Waals surface area contributed by atoms with Gasteiger partial charge in [-0.2, -0.15) is 5.10 Å². The lowest BCUT2D eigenvalue weighted by Gasteiger charge is -2.05. The number of nitrogen functional groups attached to an aromatic ring is 1. The van der Waals surface area contributed by atoms with Crippen LogP contribution in [0.1, 0.15) is 0 Å². The molecule has 0 saturated heterocycles. The summed E-state index contributed by atoms with van der Waals surface area (Å²) in [6, 6.07) is 13.3. The summed E-state index contributed by atoms with van der Waals surface area (Å²) >= 11 is 1.51. The van der Waals surface area contributed by atoms with Gasteiger partial charge >= 0.3 is 0 Å². The molecule has 0 radical (unpaired) electrons. The molecule has 0 unspecified atom stereocenters. The van der Waals surface area contributed by atoms with E-state index >= 15 is 0 Å². The monoisotopic (exact) mass is 376 g/mol. The molecule has 4 N–H and O–H groups in total. The van der Waals surface area contributed by atoms with Crippen molar-refractivity contribution in [2.75, 3.05) is 5.73 Å². The summed E-state index contributed by atoms with van der Waals surface area (Å²) in [6.45, 7) is 0. The topological polar surface area (TPSA) is 122 Å². The number of nitrogens with one attached hydrogen (secondary N) is 2. The number of fused-ring (bicyclic) bond motifs is 2. The van der Waals surface area contributed by atoms with Crippen molar-refractivity contribution in [1.29, 1.82) is 0 Å². The van der Waals surface area contributed by atoms with Crippen LogP contribution in [0.4, 0.5) is 5.69 Å². The summed E-state index contributed by atoms with van der Waals surface area (Å²) in [4.78, 5) is 29.9. The molecule has 132 valence electrons. The van der Waals surface area contributed by atoms with Gasteiger partial charge in [0.1, 0.15) is 11.2 Å². The lowest BCUT2D eigenvalue weighted by Crippen LogP contribution is -2.21. The minimum absolute atomic E-state index is 0.0152. The minimum atomic E-state index is -0.517. The van der Waals surface area contributed by atoms with Gasteiger partial charge in [-0.1, -0.05) is 24.3 Å². The first-order valence-corrected chi connectivity index (χ1v) is 8.95. The van der Waals surface area contributed by atoms with Crippen LogP contribution in [0.15, 0.2) is 57.4 Å². The Kier molecular flexibility index (Phi) is 3.25. The number of thiophene rings is 1. The number of rotatable bonds is 2. The molecule has 9 heteroatoms. The van der Waals surface area contributed by atoms with E-state index in [0.717, 1.165) is 10.6 Å². The second-order valence-electron chi connectivity index (χ2n) is 5.93. The third-order valence-corrected chi connectivity index (χ3v) is 5.22. The predicted octanol–water partition coefficient (Wildman–Crippen LogP) is 2.26. The second kappa shape index (κ2) is 5.64. The van der Waals surface area contributed by atoms with Crippen molar-refractivity contribution in [3.05, 3.63) is 68.6 Å². The molecule has 0 fully saturated rings. The van der Waals surface area contributed by atoms with E-state index < -0.39 is 11.1 Å². The van der Waals surface area contributed by atoms with Gasteiger partial charge in [-0.15, -0.1) is 11.3 Å².